The minimum absolute atomic E-state index is 0.0992. The first kappa shape index (κ1) is 18.0. The van der Waals surface area contributed by atoms with E-state index in [9.17, 15) is 12.6 Å². The summed E-state index contributed by atoms with van der Waals surface area (Å²) < 4.78 is 45.8. The zero-order chi connectivity index (χ0) is 16.6. The summed E-state index contributed by atoms with van der Waals surface area (Å²) in [7, 11) is -5.37. The van der Waals surface area contributed by atoms with Gasteiger partial charge >= 0.3 is 0 Å². The number of hydrogen-bond donors (Lipinski definition) is 0. The number of rotatable bonds is 3. The van der Waals surface area contributed by atoms with Crippen molar-refractivity contribution >= 4 is 19.8 Å². The highest BCUT2D eigenvalue weighted by Gasteiger charge is 2.28. The van der Waals surface area contributed by atoms with Crippen LogP contribution in [0.1, 0.15) is 31.9 Å². The van der Waals surface area contributed by atoms with Crippen molar-refractivity contribution in [3.63, 3.8) is 0 Å². The minimum atomic E-state index is -3.99. The van der Waals surface area contributed by atoms with Crippen LogP contribution in [0.2, 0.25) is 0 Å². The predicted octanol–water partition coefficient (Wildman–Crippen LogP) is 2.90. The van der Waals surface area contributed by atoms with Crippen LogP contribution in [0, 0.1) is 13.8 Å². The Labute approximate surface area is 128 Å². The second-order valence-corrected chi connectivity index (χ2v) is 10.8. The molecule has 0 spiro atoms. The molecule has 0 aliphatic rings. The first-order valence-electron chi connectivity index (χ1n) is 6.45. The van der Waals surface area contributed by atoms with Gasteiger partial charge in [0.2, 0.25) is 0 Å². The smallest absolute Gasteiger partial charge is 0.290 e. The molecule has 0 heterocycles. The summed E-state index contributed by atoms with van der Waals surface area (Å²) in [5, 5.41) is 0. The molecule has 1 atom stereocenters. The molecular weight excluding hydrogens is 310 g/mol. The van der Waals surface area contributed by atoms with E-state index in [1.165, 1.54) is 13.4 Å². The lowest BCUT2D eigenvalue weighted by Gasteiger charge is -2.20. The van der Waals surface area contributed by atoms with E-state index in [1.807, 2.05) is 0 Å². The van der Waals surface area contributed by atoms with Crippen LogP contribution in [-0.4, -0.2) is 30.7 Å². The summed E-state index contributed by atoms with van der Waals surface area (Å²) in [6.45, 7) is 8.48. The van der Waals surface area contributed by atoms with Gasteiger partial charge in [0.15, 0.2) is 0 Å². The second kappa shape index (κ2) is 5.61. The first-order chi connectivity index (χ1) is 9.32. The Bertz CT molecular complexity index is 742. The van der Waals surface area contributed by atoms with Crippen LogP contribution in [0.3, 0.4) is 0 Å². The lowest BCUT2D eigenvalue weighted by atomic mass is 10.1. The molecule has 5 nitrogen and oxygen atoms in total. The van der Waals surface area contributed by atoms with Crippen LogP contribution >= 0.6 is 0 Å². The molecule has 0 saturated heterocycles. The van der Waals surface area contributed by atoms with Gasteiger partial charge < -0.3 is 4.74 Å². The second-order valence-electron chi connectivity index (χ2n) is 6.05. The van der Waals surface area contributed by atoms with Crippen molar-refractivity contribution in [1.29, 1.82) is 0 Å². The fourth-order valence-electron chi connectivity index (χ4n) is 1.77. The molecule has 0 aromatic heterocycles. The van der Waals surface area contributed by atoms with Crippen molar-refractivity contribution in [2.24, 2.45) is 3.77 Å². The quantitative estimate of drug-likeness (QED) is 0.852. The highest BCUT2D eigenvalue weighted by atomic mass is 32.3. The molecule has 1 unspecified atom stereocenters. The number of benzene rings is 1. The van der Waals surface area contributed by atoms with Crippen LogP contribution in [0.15, 0.2) is 20.8 Å². The van der Waals surface area contributed by atoms with E-state index in [0.717, 1.165) is 0 Å². The summed E-state index contributed by atoms with van der Waals surface area (Å²) in [5.41, 5.74) is 1.06. The van der Waals surface area contributed by atoms with Gasteiger partial charge in [-0.25, -0.2) is 4.21 Å². The van der Waals surface area contributed by atoms with Crippen molar-refractivity contribution in [2.45, 2.75) is 44.3 Å². The van der Waals surface area contributed by atoms with Gasteiger partial charge in [-0.3, -0.25) is 0 Å². The van der Waals surface area contributed by atoms with E-state index >= 15 is 0 Å². The molecular formula is C14H23NO4S2. The maximum absolute atomic E-state index is 12.6. The number of ether oxygens (including phenoxy) is 1. The molecule has 0 bridgehead atoms. The summed E-state index contributed by atoms with van der Waals surface area (Å²) in [6.07, 6.45) is 1.37. The molecule has 120 valence electrons. The predicted molar refractivity (Wildman–Crippen MR) is 85.9 cm³/mol. The van der Waals surface area contributed by atoms with Crippen LogP contribution in [0.5, 0.6) is 5.75 Å². The fourth-order valence-corrected chi connectivity index (χ4v) is 5.39. The van der Waals surface area contributed by atoms with Gasteiger partial charge in [-0.15, -0.1) is 3.77 Å². The zero-order valence-corrected chi connectivity index (χ0v) is 15.2. The first-order valence-corrected chi connectivity index (χ1v) is 9.81. The lowest BCUT2D eigenvalue weighted by Crippen LogP contribution is -2.27. The Kier molecular flexibility index (Phi) is 4.80. The van der Waals surface area contributed by atoms with E-state index in [-0.39, 0.29) is 4.90 Å². The van der Waals surface area contributed by atoms with Gasteiger partial charge in [-0.1, -0.05) is 0 Å². The SMILES string of the molecule is COc1cc(C)c(S(=O)(=O)N=S(C)(=O)C(C)(C)C)c(C)c1. The van der Waals surface area contributed by atoms with Crippen molar-refractivity contribution in [1.82, 2.24) is 0 Å². The molecule has 1 aromatic rings. The number of nitrogens with zero attached hydrogens (tertiary/aromatic N) is 1. The molecule has 0 aliphatic carbocycles. The van der Waals surface area contributed by atoms with Gasteiger partial charge in [0.05, 0.1) is 21.7 Å². The Hall–Kier alpha value is -1.08. The van der Waals surface area contributed by atoms with Crippen molar-refractivity contribution < 1.29 is 17.4 Å². The zero-order valence-electron chi connectivity index (χ0n) is 13.6. The molecule has 0 aliphatic heterocycles. The number of sulfonamides is 1. The van der Waals surface area contributed by atoms with Crippen molar-refractivity contribution in [2.75, 3.05) is 13.4 Å². The Morgan fingerprint density at radius 3 is 1.81 bits per heavy atom. The van der Waals surface area contributed by atoms with Crippen LogP contribution in [0.4, 0.5) is 0 Å². The maximum Gasteiger partial charge on any atom is 0.290 e. The third kappa shape index (κ3) is 3.77. The van der Waals surface area contributed by atoms with E-state index in [1.54, 1.807) is 46.8 Å². The van der Waals surface area contributed by atoms with Gasteiger partial charge in [-0.2, -0.15) is 8.42 Å². The van der Waals surface area contributed by atoms with Crippen LogP contribution < -0.4 is 4.74 Å². The summed E-state index contributed by atoms with van der Waals surface area (Å²) in [5.74, 6) is 0.581. The van der Waals surface area contributed by atoms with E-state index in [4.69, 9.17) is 4.74 Å². The van der Waals surface area contributed by atoms with Gasteiger partial charge in [-0.05, 0) is 57.9 Å². The molecule has 0 amide bonds. The Balaban J connectivity index is 3.62. The van der Waals surface area contributed by atoms with Crippen molar-refractivity contribution in [3.8, 4) is 5.75 Å². The van der Waals surface area contributed by atoms with E-state index < -0.39 is 24.5 Å². The summed E-state index contributed by atoms with van der Waals surface area (Å²) in [4.78, 5) is 0.0992. The largest absolute Gasteiger partial charge is 0.497 e. The standard InChI is InChI=1S/C14H23NO4S2/c1-10-8-12(19-6)9-11(2)13(10)21(17,18)15-20(7,16)14(3,4)5/h8-9H,1-7H3. The third-order valence-electron chi connectivity index (χ3n) is 3.30. The summed E-state index contributed by atoms with van der Waals surface area (Å²) in [6, 6.07) is 3.26. The minimum Gasteiger partial charge on any atom is -0.497 e. The molecule has 21 heavy (non-hydrogen) atoms. The molecule has 0 radical (unpaired) electrons. The normalized spacial score (nSPS) is 15.4. The molecule has 1 rings (SSSR count). The molecule has 7 heteroatoms. The molecule has 0 saturated carbocycles. The van der Waals surface area contributed by atoms with Gasteiger partial charge in [0.1, 0.15) is 5.75 Å². The number of methoxy groups -OCH3 is 1. The lowest BCUT2D eigenvalue weighted by molar-refractivity contribution is 0.413. The highest BCUT2D eigenvalue weighted by molar-refractivity contribution is 8.03. The van der Waals surface area contributed by atoms with Gasteiger partial charge in [0.25, 0.3) is 10.0 Å². The number of aryl methyl sites for hydroxylation is 2. The third-order valence-corrected chi connectivity index (χ3v) is 8.66. The average Bonchev–Trinajstić information content (AvgIpc) is 2.23. The van der Waals surface area contributed by atoms with E-state index in [0.29, 0.717) is 16.9 Å². The molecule has 1 aromatic carbocycles. The fraction of sp³-hybridized carbons (Fsp3) is 0.571. The Morgan fingerprint density at radius 1 is 1.05 bits per heavy atom. The molecule has 0 N–H and O–H groups in total. The average molecular weight is 333 g/mol. The number of hydrogen-bond acceptors (Lipinski definition) is 4. The topological polar surface area (TPSA) is 72.8 Å². The van der Waals surface area contributed by atoms with Crippen molar-refractivity contribution in [3.05, 3.63) is 23.3 Å². The van der Waals surface area contributed by atoms with Gasteiger partial charge in [0, 0.05) is 11.0 Å². The van der Waals surface area contributed by atoms with Crippen LogP contribution in [0.25, 0.3) is 0 Å². The monoisotopic (exact) mass is 333 g/mol. The molecule has 0 fully saturated rings. The maximum atomic E-state index is 12.6. The summed E-state index contributed by atoms with van der Waals surface area (Å²) >= 11 is 0. The highest BCUT2D eigenvalue weighted by Crippen LogP contribution is 2.29. The van der Waals surface area contributed by atoms with E-state index in [2.05, 4.69) is 3.77 Å². The Morgan fingerprint density at radius 2 is 1.48 bits per heavy atom. The van der Waals surface area contributed by atoms with Crippen LogP contribution in [-0.2, 0) is 19.8 Å².